The molecule has 2 heterocycles. The molecule has 1 fully saturated rings. The Bertz CT molecular complexity index is 1070. The van der Waals surface area contributed by atoms with Gasteiger partial charge in [0.1, 0.15) is 5.82 Å². The lowest BCUT2D eigenvalue weighted by atomic mass is 9.95. The van der Waals surface area contributed by atoms with E-state index in [-0.39, 0.29) is 23.7 Å². The smallest absolute Gasteiger partial charge is 0.247 e. The number of aromatic nitrogens is 2. The molecule has 2 aromatic carbocycles. The lowest BCUT2D eigenvalue weighted by Crippen LogP contribution is -2.41. The zero-order valence-electron chi connectivity index (χ0n) is 17.9. The third kappa shape index (κ3) is 5.34. The summed E-state index contributed by atoms with van der Waals surface area (Å²) in [4.78, 5) is 14.8. The summed E-state index contributed by atoms with van der Waals surface area (Å²) in [5.41, 5.74) is 1.40. The average Bonchev–Trinajstić information content (AvgIpc) is 3.30. The molecule has 1 saturated heterocycles. The number of carbonyl (C=O) groups excluding carboxylic acids is 1. The van der Waals surface area contributed by atoms with Gasteiger partial charge in [0.05, 0.1) is 6.04 Å². The predicted molar refractivity (Wildman–Crippen MR) is 121 cm³/mol. The molecule has 1 aliphatic rings. The Hall–Kier alpha value is -2.77. The maximum Gasteiger partial charge on any atom is 0.247 e. The number of halogens is 2. The Morgan fingerprint density at radius 2 is 2.00 bits per heavy atom. The molecule has 1 unspecified atom stereocenters. The van der Waals surface area contributed by atoms with E-state index in [2.05, 4.69) is 20.4 Å². The van der Waals surface area contributed by atoms with Gasteiger partial charge in [0.2, 0.25) is 17.7 Å². The first-order valence-electron chi connectivity index (χ1n) is 10.9. The van der Waals surface area contributed by atoms with E-state index in [4.69, 9.17) is 16.0 Å². The van der Waals surface area contributed by atoms with Crippen molar-refractivity contribution < 1.29 is 13.6 Å². The molecule has 1 amide bonds. The minimum absolute atomic E-state index is 0.0367. The molecule has 1 aromatic heterocycles. The molecule has 6 nitrogen and oxygen atoms in total. The maximum atomic E-state index is 13.7. The molecular formula is C24H26ClFN4O2. The van der Waals surface area contributed by atoms with Crippen LogP contribution in [0, 0.1) is 11.7 Å². The van der Waals surface area contributed by atoms with E-state index in [0.29, 0.717) is 35.3 Å². The molecule has 0 bridgehead atoms. The largest absolute Gasteiger partial charge is 0.419 e. The number of nitrogens with zero attached hydrogens (tertiary/aromatic N) is 3. The van der Waals surface area contributed by atoms with Crippen molar-refractivity contribution in [1.29, 1.82) is 0 Å². The van der Waals surface area contributed by atoms with Gasteiger partial charge in [0.15, 0.2) is 0 Å². The van der Waals surface area contributed by atoms with Crippen LogP contribution in [0.25, 0.3) is 11.5 Å². The highest BCUT2D eigenvalue weighted by Crippen LogP contribution is 2.28. The van der Waals surface area contributed by atoms with Crippen molar-refractivity contribution in [2.75, 3.05) is 19.6 Å². The lowest BCUT2D eigenvalue weighted by Gasteiger charge is -2.34. The Morgan fingerprint density at radius 1 is 1.22 bits per heavy atom. The second kappa shape index (κ2) is 10.2. The second-order valence-corrected chi connectivity index (χ2v) is 8.51. The van der Waals surface area contributed by atoms with Crippen molar-refractivity contribution >= 4 is 17.5 Å². The standard InChI is InChI=1S/C24H26ClFN4O2/c1-16(23-28-29-24(32-23)19-6-4-7-20(25)15-19)30-13-10-18(11-14-30)22(31)27-12-9-17-5-2-3-8-21(17)26/h2-8,15-16,18H,9-14H2,1H3,(H,27,31). The van der Waals surface area contributed by atoms with Gasteiger partial charge in [-0.2, -0.15) is 0 Å². The fourth-order valence-electron chi connectivity index (χ4n) is 4.01. The summed E-state index contributed by atoms with van der Waals surface area (Å²) in [5, 5.41) is 11.9. The zero-order chi connectivity index (χ0) is 22.5. The van der Waals surface area contributed by atoms with Crippen LogP contribution in [0.15, 0.2) is 52.9 Å². The molecular weight excluding hydrogens is 431 g/mol. The van der Waals surface area contributed by atoms with Gasteiger partial charge in [-0.3, -0.25) is 9.69 Å². The Morgan fingerprint density at radius 3 is 2.75 bits per heavy atom. The summed E-state index contributed by atoms with van der Waals surface area (Å²) in [6.07, 6.45) is 2.00. The molecule has 1 aliphatic heterocycles. The van der Waals surface area contributed by atoms with E-state index < -0.39 is 0 Å². The monoisotopic (exact) mass is 456 g/mol. The van der Waals surface area contributed by atoms with Crippen molar-refractivity contribution in [2.45, 2.75) is 32.2 Å². The van der Waals surface area contributed by atoms with Crippen LogP contribution in [-0.2, 0) is 11.2 Å². The summed E-state index contributed by atoms with van der Waals surface area (Å²) in [6.45, 7) is 4.00. The number of nitrogens with one attached hydrogen (secondary N) is 1. The molecule has 4 rings (SSSR count). The molecule has 32 heavy (non-hydrogen) atoms. The molecule has 0 saturated carbocycles. The van der Waals surface area contributed by atoms with Crippen LogP contribution < -0.4 is 5.32 Å². The molecule has 1 atom stereocenters. The topological polar surface area (TPSA) is 71.3 Å². The second-order valence-electron chi connectivity index (χ2n) is 8.07. The van der Waals surface area contributed by atoms with Crippen molar-refractivity contribution in [3.05, 3.63) is 70.8 Å². The summed E-state index contributed by atoms with van der Waals surface area (Å²) in [5.74, 6) is 0.758. The van der Waals surface area contributed by atoms with Gasteiger partial charge in [0.25, 0.3) is 0 Å². The molecule has 1 N–H and O–H groups in total. The Balaban J connectivity index is 1.26. The number of hydrogen-bond donors (Lipinski definition) is 1. The quantitative estimate of drug-likeness (QED) is 0.559. The van der Waals surface area contributed by atoms with Gasteiger partial charge in [-0.05, 0) is 69.1 Å². The van der Waals surface area contributed by atoms with Crippen molar-refractivity contribution in [1.82, 2.24) is 20.4 Å². The number of benzene rings is 2. The summed E-state index contributed by atoms with van der Waals surface area (Å²) in [6, 6.07) is 13.9. The minimum atomic E-state index is -0.233. The van der Waals surface area contributed by atoms with Gasteiger partial charge < -0.3 is 9.73 Å². The SMILES string of the molecule is CC(c1nnc(-c2cccc(Cl)c2)o1)N1CCC(C(=O)NCCc2ccccc2F)CC1. The Kier molecular flexibility index (Phi) is 7.17. The fourth-order valence-corrected chi connectivity index (χ4v) is 4.20. The lowest BCUT2D eigenvalue weighted by molar-refractivity contribution is -0.126. The summed E-state index contributed by atoms with van der Waals surface area (Å²) < 4.78 is 19.6. The predicted octanol–water partition coefficient (Wildman–Crippen LogP) is 4.66. The van der Waals surface area contributed by atoms with E-state index in [1.807, 2.05) is 19.1 Å². The summed E-state index contributed by atoms with van der Waals surface area (Å²) >= 11 is 6.05. The summed E-state index contributed by atoms with van der Waals surface area (Å²) in [7, 11) is 0. The third-order valence-electron chi connectivity index (χ3n) is 5.97. The number of rotatable bonds is 7. The van der Waals surface area contributed by atoms with E-state index in [0.717, 1.165) is 31.5 Å². The number of likely N-dealkylation sites (tertiary alicyclic amines) is 1. The fraction of sp³-hybridized carbons (Fsp3) is 0.375. The molecule has 3 aromatic rings. The highest BCUT2D eigenvalue weighted by Gasteiger charge is 2.29. The first kappa shape index (κ1) is 22.4. The van der Waals surface area contributed by atoms with Gasteiger partial charge in [0, 0.05) is 23.0 Å². The van der Waals surface area contributed by atoms with Crippen molar-refractivity contribution in [3.8, 4) is 11.5 Å². The van der Waals surface area contributed by atoms with E-state index >= 15 is 0 Å². The first-order chi connectivity index (χ1) is 15.5. The maximum absolute atomic E-state index is 13.7. The first-order valence-corrected chi connectivity index (χ1v) is 11.2. The molecule has 8 heteroatoms. The number of piperidine rings is 1. The van der Waals surface area contributed by atoms with E-state index in [9.17, 15) is 9.18 Å². The number of amides is 1. The normalized spacial score (nSPS) is 16.1. The van der Waals surface area contributed by atoms with Gasteiger partial charge in [-0.1, -0.05) is 35.9 Å². The van der Waals surface area contributed by atoms with Crippen LogP contribution in [0.3, 0.4) is 0 Å². The van der Waals surface area contributed by atoms with Crippen molar-refractivity contribution in [3.63, 3.8) is 0 Å². The van der Waals surface area contributed by atoms with Crippen LogP contribution in [0.2, 0.25) is 5.02 Å². The van der Waals surface area contributed by atoms with E-state index in [1.165, 1.54) is 6.07 Å². The van der Waals surface area contributed by atoms with Crippen LogP contribution in [0.4, 0.5) is 4.39 Å². The molecule has 0 spiro atoms. The minimum Gasteiger partial charge on any atom is -0.419 e. The third-order valence-corrected chi connectivity index (χ3v) is 6.20. The average molecular weight is 457 g/mol. The number of carbonyl (C=O) groups is 1. The van der Waals surface area contributed by atoms with Gasteiger partial charge in [-0.15, -0.1) is 10.2 Å². The Labute approximate surface area is 191 Å². The van der Waals surface area contributed by atoms with E-state index in [1.54, 1.807) is 30.3 Å². The van der Waals surface area contributed by atoms with Crippen molar-refractivity contribution in [2.24, 2.45) is 5.92 Å². The van der Waals surface area contributed by atoms with Gasteiger partial charge >= 0.3 is 0 Å². The highest BCUT2D eigenvalue weighted by molar-refractivity contribution is 6.30. The number of hydrogen-bond acceptors (Lipinski definition) is 5. The highest BCUT2D eigenvalue weighted by atomic mass is 35.5. The zero-order valence-corrected chi connectivity index (χ0v) is 18.7. The molecule has 168 valence electrons. The molecule has 0 aliphatic carbocycles. The van der Waals surface area contributed by atoms with Crippen LogP contribution >= 0.6 is 11.6 Å². The van der Waals surface area contributed by atoms with Crippen LogP contribution in [0.5, 0.6) is 0 Å². The van der Waals surface area contributed by atoms with Crippen LogP contribution in [-0.4, -0.2) is 40.6 Å². The van der Waals surface area contributed by atoms with Crippen LogP contribution in [0.1, 0.15) is 37.3 Å². The molecule has 0 radical (unpaired) electrons. The van der Waals surface area contributed by atoms with Gasteiger partial charge in [-0.25, -0.2) is 4.39 Å².